The highest BCUT2D eigenvalue weighted by molar-refractivity contribution is 7.92. The molecule has 1 aliphatic heterocycles. The van der Waals surface area contributed by atoms with Crippen molar-refractivity contribution in [1.82, 2.24) is 4.98 Å². The summed E-state index contributed by atoms with van der Waals surface area (Å²) in [7, 11) is -3.71. The molecular weight excluding hydrogens is 450 g/mol. The molecule has 3 aromatic carbocycles. The minimum absolute atomic E-state index is 0.169. The number of rotatable bonds is 5. The van der Waals surface area contributed by atoms with Gasteiger partial charge in [-0.2, -0.15) is 0 Å². The van der Waals surface area contributed by atoms with Crippen molar-refractivity contribution < 1.29 is 22.7 Å². The van der Waals surface area contributed by atoms with E-state index in [1.165, 1.54) is 23.5 Å². The van der Waals surface area contributed by atoms with Crippen LogP contribution in [0.25, 0.3) is 10.2 Å². The molecule has 5 rings (SSSR count). The number of carbonyl (C=O) groups excluding carboxylic acids is 1. The summed E-state index contributed by atoms with van der Waals surface area (Å²) in [6.45, 7) is 2.07. The predicted octanol–water partition coefficient (Wildman–Crippen LogP) is 4.39. The summed E-state index contributed by atoms with van der Waals surface area (Å²) in [4.78, 5) is 17.2. The van der Waals surface area contributed by atoms with E-state index in [2.05, 4.69) is 15.0 Å². The second-order valence-electron chi connectivity index (χ2n) is 7.14. The Bertz CT molecular complexity index is 1390. The highest BCUT2D eigenvalue weighted by Crippen LogP contribution is 2.39. The molecule has 8 nitrogen and oxygen atoms in total. The minimum atomic E-state index is -3.71. The fraction of sp³-hybridized carbons (Fsp3) is 0.0909. The normalized spacial score (nSPS) is 12.7. The minimum Gasteiger partial charge on any atom is -0.454 e. The summed E-state index contributed by atoms with van der Waals surface area (Å²) >= 11 is 1.33. The van der Waals surface area contributed by atoms with Crippen LogP contribution in [0.4, 0.5) is 10.8 Å². The van der Waals surface area contributed by atoms with Crippen molar-refractivity contribution in [3.63, 3.8) is 0 Å². The molecule has 0 aliphatic carbocycles. The smallest absolute Gasteiger partial charge is 0.261 e. The summed E-state index contributed by atoms with van der Waals surface area (Å²) in [5.41, 5.74) is 2.40. The van der Waals surface area contributed by atoms with Crippen LogP contribution in [0.15, 0.2) is 65.6 Å². The first-order chi connectivity index (χ1) is 15.4. The fourth-order valence-electron chi connectivity index (χ4n) is 3.16. The van der Waals surface area contributed by atoms with Crippen LogP contribution in [0.3, 0.4) is 0 Å². The zero-order chi connectivity index (χ0) is 22.3. The Balaban J connectivity index is 1.29. The number of nitrogens with zero attached hydrogens (tertiary/aromatic N) is 1. The van der Waals surface area contributed by atoms with Gasteiger partial charge in [-0.1, -0.05) is 29.0 Å². The Morgan fingerprint density at radius 3 is 2.41 bits per heavy atom. The zero-order valence-electron chi connectivity index (χ0n) is 16.8. The third-order valence-corrected chi connectivity index (χ3v) is 7.16. The van der Waals surface area contributed by atoms with Crippen molar-refractivity contribution in [2.45, 2.75) is 11.8 Å². The van der Waals surface area contributed by atoms with Gasteiger partial charge in [0, 0.05) is 23.4 Å². The highest BCUT2D eigenvalue weighted by atomic mass is 32.2. The van der Waals surface area contributed by atoms with Gasteiger partial charge in [0.05, 0.1) is 15.1 Å². The molecule has 0 fully saturated rings. The van der Waals surface area contributed by atoms with Crippen LogP contribution >= 0.6 is 11.3 Å². The van der Waals surface area contributed by atoms with Crippen LogP contribution in [0.1, 0.15) is 15.9 Å². The van der Waals surface area contributed by atoms with Crippen LogP contribution in [-0.2, 0) is 10.0 Å². The molecule has 4 aromatic rings. The number of aryl methyl sites for hydroxylation is 1. The molecule has 32 heavy (non-hydrogen) atoms. The quantitative estimate of drug-likeness (QED) is 0.451. The zero-order valence-corrected chi connectivity index (χ0v) is 18.4. The number of ether oxygens (including phenoxy) is 2. The van der Waals surface area contributed by atoms with Gasteiger partial charge in [-0.3, -0.25) is 14.8 Å². The van der Waals surface area contributed by atoms with Crippen molar-refractivity contribution in [2.75, 3.05) is 16.8 Å². The van der Waals surface area contributed by atoms with Gasteiger partial charge >= 0.3 is 0 Å². The van der Waals surface area contributed by atoms with E-state index >= 15 is 0 Å². The fourth-order valence-corrected chi connectivity index (χ4v) is 5.09. The number of sulfonamides is 1. The molecule has 1 aromatic heterocycles. The summed E-state index contributed by atoms with van der Waals surface area (Å²) in [5, 5.41) is 3.21. The van der Waals surface area contributed by atoms with Crippen molar-refractivity contribution >= 4 is 48.3 Å². The Morgan fingerprint density at radius 2 is 1.69 bits per heavy atom. The van der Waals surface area contributed by atoms with Gasteiger partial charge in [-0.25, -0.2) is 13.4 Å². The molecule has 0 spiro atoms. The Hall–Kier alpha value is -3.63. The number of hydrogen-bond donors (Lipinski definition) is 2. The summed E-state index contributed by atoms with van der Waals surface area (Å²) < 4.78 is 39.1. The van der Waals surface area contributed by atoms with Gasteiger partial charge < -0.3 is 9.47 Å². The SMILES string of the molecule is Cc1ccc(S(=O)(=O)Nc2ccc(C(=O)Nc3nc4cc5c(cc4s3)OCO5)cc2)cc1. The number of aromatic nitrogens is 1. The topological polar surface area (TPSA) is 107 Å². The Labute approximate surface area is 187 Å². The van der Waals surface area contributed by atoms with Gasteiger partial charge in [0.15, 0.2) is 16.6 Å². The molecule has 2 N–H and O–H groups in total. The number of nitrogens with one attached hydrogen (secondary N) is 2. The van der Waals surface area contributed by atoms with Gasteiger partial charge in [-0.15, -0.1) is 0 Å². The standard InChI is InChI=1S/C22H17N3O5S2/c1-13-2-8-16(9-3-13)32(27,28)25-15-6-4-14(5-7-15)21(26)24-22-23-17-10-18-19(30-12-29-18)11-20(17)31-22/h2-11,25H,12H2,1H3,(H,23,24,26). The average Bonchev–Trinajstić information content (AvgIpc) is 3.37. The lowest BCUT2D eigenvalue weighted by Gasteiger charge is -2.09. The molecule has 0 radical (unpaired) electrons. The van der Waals surface area contributed by atoms with Crippen LogP contribution in [0.2, 0.25) is 0 Å². The maximum Gasteiger partial charge on any atom is 0.261 e. The maximum atomic E-state index is 12.6. The van der Waals surface area contributed by atoms with E-state index in [9.17, 15) is 13.2 Å². The third-order valence-electron chi connectivity index (χ3n) is 4.83. The molecule has 2 heterocycles. The Kier molecular flexibility index (Phi) is 4.95. The Morgan fingerprint density at radius 1 is 1.00 bits per heavy atom. The predicted molar refractivity (Wildman–Crippen MR) is 122 cm³/mol. The molecular formula is C22H17N3O5S2. The second-order valence-corrected chi connectivity index (χ2v) is 9.86. The van der Waals surface area contributed by atoms with E-state index in [1.54, 1.807) is 42.5 Å². The summed E-state index contributed by atoms with van der Waals surface area (Å²) in [5.74, 6) is 0.934. The van der Waals surface area contributed by atoms with Gasteiger partial charge in [0.25, 0.3) is 15.9 Å². The maximum absolute atomic E-state index is 12.6. The number of anilines is 2. The molecule has 0 unspecified atom stereocenters. The lowest BCUT2D eigenvalue weighted by Crippen LogP contribution is -2.14. The molecule has 0 saturated heterocycles. The summed E-state index contributed by atoms with van der Waals surface area (Å²) in [6.07, 6.45) is 0. The number of hydrogen-bond acceptors (Lipinski definition) is 7. The number of benzene rings is 3. The van der Waals surface area contributed by atoms with Crippen molar-refractivity contribution in [1.29, 1.82) is 0 Å². The third kappa shape index (κ3) is 3.97. The molecule has 1 aliphatic rings. The molecule has 0 atom stereocenters. The van der Waals surface area contributed by atoms with Crippen LogP contribution in [0, 0.1) is 6.92 Å². The van der Waals surface area contributed by atoms with Crippen LogP contribution in [0.5, 0.6) is 11.5 Å². The average molecular weight is 468 g/mol. The van der Waals surface area contributed by atoms with E-state index in [0.29, 0.717) is 33.4 Å². The van der Waals surface area contributed by atoms with E-state index in [-0.39, 0.29) is 17.6 Å². The number of amides is 1. The highest BCUT2D eigenvalue weighted by Gasteiger charge is 2.18. The van der Waals surface area contributed by atoms with E-state index in [0.717, 1.165) is 10.3 Å². The van der Waals surface area contributed by atoms with Crippen molar-refractivity contribution in [2.24, 2.45) is 0 Å². The lowest BCUT2D eigenvalue weighted by molar-refractivity contribution is 0.102. The van der Waals surface area contributed by atoms with Crippen LogP contribution in [-0.4, -0.2) is 26.1 Å². The number of carbonyl (C=O) groups is 1. The largest absolute Gasteiger partial charge is 0.454 e. The monoisotopic (exact) mass is 467 g/mol. The first-order valence-electron chi connectivity index (χ1n) is 9.58. The van der Waals surface area contributed by atoms with Crippen molar-refractivity contribution in [3.8, 4) is 11.5 Å². The molecule has 162 valence electrons. The van der Waals surface area contributed by atoms with Crippen LogP contribution < -0.4 is 19.5 Å². The van der Waals surface area contributed by atoms with Gasteiger partial charge in [0.1, 0.15) is 0 Å². The molecule has 10 heteroatoms. The molecule has 1 amide bonds. The summed E-state index contributed by atoms with van der Waals surface area (Å²) in [6, 6.07) is 16.3. The first-order valence-corrected chi connectivity index (χ1v) is 11.9. The number of thiazole rings is 1. The van der Waals surface area contributed by atoms with E-state index in [1.807, 2.05) is 13.0 Å². The van der Waals surface area contributed by atoms with E-state index < -0.39 is 10.0 Å². The number of fused-ring (bicyclic) bond motifs is 2. The second kappa shape index (κ2) is 7.81. The van der Waals surface area contributed by atoms with Gasteiger partial charge in [-0.05, 0) is 43.3 Å². The molecule has 0 bridgehead atoms. The first kappa shape index (κ1) is 20.3. The van der Waals surface area contributed by atoms with Gasteiger partial charge in [0.2, 0.25) is 6.79 Å². The molecule has 0 saturated carbocycles. The lowest BCUT2D eigenvalue weighted by atomic mass is 10.2. The van der Waals surface area contributed by atoms with Crippen molar-refractivity contribution in [3.05, 3.63) is 71.8 Å². The van der Waals surface area contributed by atoms with E-state index in [4.69, 9.17) is 9.47 Å².